The van der Waals surface area contributed by atoms with Crippen LogP contribution in [-0.2, 0) is 15.6 Å². The SMILES string of the molecule is Nc1ccc(S(=O)(=O)Cc2ccc(Cl)c(Cl)c2)c(Cl)c1. The van der Waals surface area contributed by atoms with Crippen molar-refractivity contribution in [3.63, 3.8) is 0 Å². The van der Waals surface area contributed by atoms with Crippen LogP contribution in [0.2, 0.25) is 15.1 Å². The van der Waals surface area contributed by atoms with Gasteiger partial charge in [-0.1, -0.05) is 40.9 Å². The number of hydrogen-bond acceptors (Lipinski definition) is 3. The Morgan fingerprint density at radius 1 is 0.900 bits per heavy atom. The van der Waals surface area contributed by atoms with E-state index < -0.39 is 9.84 Å². The van der Waals surface area contributed by atoms with Gasteiger partial charge in [0.1, 0.15) is 0 Å². The van der Waals surface area contributed by atoms with Crippen molar-refractivity contribution in [2.75, 3.05) is 5.73 Å². The maximum Gasteiger partial charge on any atom is 0.183 e. The van der Waals surface area contributed by atoms with E-state index in [-0.39, 0.29) is 15.7 Å². The molecule has 0 fully saturated rings. The maximum atomic E-state index is 12.3. The Morgan fingerprint density at radius 2 is 1.60 bits per heavy atom. The smallest absolute Gasteiger partial charge is 0.183 e. The molecular weight excluding hydrogens is 341 g/mol. The fourth-order valence-electron chi connectivity index (χ4n) is 1.70. The molecule has 0 aliphatic carbocycles. The molecule has 2 aromatic carbocycles. The highest BCUT2D eigenvalue weighted by atomic mass is 35.5. The lowest BCUT2D eigenvalue weighted by molar-refractivity contribution is 0.595. The lowest BCUT2D eigenvalue weighted by atomic mass is 10.2. The molecule has 20 heavy (non-hydrogen) atoms. The zero-order chi connectivity index (χ0) is 14.9. The molecule has 2 rings (SSSR count). The molecule has 0 unspecified atom stereocenters. The van der Waals surface area contributed by atoms with Crippen molar-refractivity contribution in [2.45, 2.75) is 10.6 Å². The Hall–Kier alpha value is -0.940. The first kappa shape index (κ1) is 15.4. The summed E-state index contributed by atoms with van der Waals surface area (Å²) in [4.78, 5) is 0.0411. The molecule has 0 radical (unpaired) electrons. The highest BCUT2D eigenvalue weighted by Crippen LogP contribution is 2.28. The predicted octanol–water partition coefficient (Wildman–Crippen LogP) is 4.20. The van der Waals surface area contributed by atoms with Gasteiger partial charge >= 0.3 is 0 Å². The third-order valence-electron chi connectivity index (χ3n) is 2.63. The van der Waals surface area contributed by atoms with Crippen molar-refractivity contribution in [2.24, 2.45) is 0 Å². The topological polar surface area (TPSA) is 60.2 Å². The summed E-state index contributed by atoms with van der Waals surface area (Å²) in [5.41, 5.74) is 6.49. The lowest BCUT2D eigenvalue weighted by Gasteiger charge is -2.08. The average molecular weight is 351 g/mol. The monoisotopic (exact) mass is 349 g/mol. The number of anilines is 1. The van der Waals surface area contributed by atoms with Crippen LogP contribution >= 0.6 is 34.8 Å². The molecule has 0 aromatic heterocycles. The van der Waals surface area contributed by atoms with Gasteiger partial charge in [-0.2, -0.15) is 0 Å². The van der Waals surface area contributed by atoms with Crippen molar-refractivity contribution >= 4 is 50.3 Å². The molecule has 0 aliphatic rings. The van der Waals surface area contributed by atoms with E-state index in [0.717, 1.165) is 0 Å². The number of rotatable bonds is 3. The van der Waals surface area contributed by atoms with Crippen LogP contribution in [0, 0.1) is 0 Å². The molecule has 0 saturated carbocycles. The number of benzene rings is 2. The molecule has 0 atom stereocenters. The Labute approximate surface area is 132 Å². The zero-order valence-electron chi connectivity index (χ0n) is 10.1. The molecule has 106 valence electrons. The predicted molar refractivity (Wildman–Crippen MR) is 83.2 cm³/mol. The van der Waals surface area contributed by atoms with E-state index in [1.807, 2.05) is 0 Å². The van der Waals surface area contributed by atoms with Crippen LogP contribution in [0.4, 0.5) is 5.69 Å². The van der Waals surface area contributed by atoms with E-state index in [1.54, 1.807) is 12.1 Å². The number of sulfone groups is 1. The number of hydrogen-bond donors (Lipinski definition) is 1. The van der Waals surface area contributed by atoms with Crippen molar-refractivity contribution in [3.05, 3.63) is 57.0 Å². The minimum Gasteiger partial charge on any atom is -0.399 e. The largest absolute Gasteiger partial charge is 0.399 e. The van der Waals surface area contributed by atoms with E-state index in [9.17, 15) is 8.42 Å². The Balaban J connectivity index is 2.38. The summed E-state index contributed by atoms with van der Waals surface area (Å²) in [5, 5.41) is 0.783. The van der Waals surface area contributed by atoms with Crippen LogP contribution < -0.4 is 5.73 Å². The van der Waals surface area contributed by atoms with Crippen molar-refractivity contribution in [3.8, 4) is 0 Å². The van der Waals surface area contributed by atoms with Gasteiger partial charge < -0.3 is 5.73 Å². The van der Waals surface area contributed by atoms with Crippen LogP contribution in [0.1, 0.15) is 5.56 Å². The molecule has 0 aliphatic heterocycles. The third kappa shape index (κ3) is 3.38. The quantitative estimate of drug-likeness (QED) is 0.844. The first-order valence-corrected chi connectivity index (χ1v) is 8.30. The van der Waals surface area contributed by atoms with E-state index in [1.165, 1.54) is 24.3 Å². The number of nitrogens with two attached hydrogens (primary N) is 1. The second-order valence-electron chi connectivity index (χ2n) is 4.20. The molecule has 3 nitrogen and oxygen atoms in total. The number of halogens is 3. The van der Waals surface area contributed by atoms with Gasteiger partial charge in [0.05, 0.1) is 25.7 Å². The summed E-state index contributed by atoms with van der Waals surface area (Å²) >= 11 is 17.6. The summed E-state index contributed by atoms with van der Waals surface area (Å²) in [6.07, 6.45) is 0. The average Bonchev–Trinajstić information content (AvgIpc) is 2.33. The lowest BCUT2D eigenvalue weighted by Crippen LogP contribution is -2.06. The highest BCUT2D eigenvalue weighted by Gasteiger charge is 2.19. The molecule has 0 heterocycles. The van der Waals surface area contributed by atoms with Crippen LogP contribution in [-0.4, -0.2) is 8.42 Å². The molecular formula is C13H10Cl3NO2S. The van der Waals surface area contributed by atoms with Gasteiger partial charge in [0.25, 0.3) is 0 Å². The third-order valence-corrected chi connectivity index (χ3v) is 5.53. The second-order valence-corrected chi connectivity index (χ2v) is 7.38. The number of nitrogen functional groups attached to an aromatic ring is 1. The first-order chi connectivity index (χ1) is 9.29. The molecule has 2 aromatic rings. The van der Waals surface area contributed by atoms with Crippen LogP contribution in [0.3, 0.4) is 0 Å². The van der Waals surface area contributed by atoms with E-state index in [2.05, 4.69) is 0 Å². The summed E-state index contributed by atoms with van der Waals surface area (Å²) in [6.45, 7) is 0. The van der Waals surface area contributed by atoms with Crippen molar-refractivity contribution in [1.82, 2.24) is 0 Å². The van der Waals surface area contributed by atoms with Gasteiger partial charge in [-0.25, -0.2) is 8.42 Å². The normalized spacial score (nSPS) is 11.6. The minimum absolute atomic E-state index is 0.0411. The Bertz CT molecular complexity index is 760. The van der Waals surface area contributed by atoms with E-state index in [4.69, 9.17) is 40.5 Å². The van der Waals surface area contributed by atoms with Gasteiger partial charge in [0.2, 0.25) is 0 Å². The summed E-state index contributed by atoms with van der Waals surface area (Å²) < 4.78 is 24.7. The van der Waals surface area contributed by atoms with Gasteiger partial charge in [-0.15, -0.1) is 0 Å². The van der Waals surface area contributed by atoms with Crippen molar-refractivity contribution < 1.29 is 8.42 Å². The molecule has 0 spiro atoms. The fraction of sp³-hybridized carbons (Fsp3) is 0.0769. The Kier molecular flexibility index (Phi) is 4.49. The molecule has 7 heteroatoms. The van der Waals surface area contributed by atoms with Gasteiger partial charge in [0, 0.05) is 5.69 Å². The van der Waals surface area contributed by atoms with Crippen LogP contribution in [0.25, 0.3) is 0 Å². The molecule has 0 amide bonds. The minimum atomic E-state index is -3.58. The van der Waals surface area contributed by atoms with Gasteiger partial charge in [0.15, 0.2) is 9.84 Å². The maximum absolute atomic E-state index is 12.3. The Morgan fingerprint density at radius 3 is 2.20 bits per heavy atom. The van der Waals surface area contributed by atoms with Crippen LogP contribution in [0.5, 0.6) is 0 Å². The standard InChI is InChI=1S/C13H10Cl3NO2S/c14-10-3-1-8(5-11(10)15)7-20(18,19)13-4-2-9(17)6-12(13)16/h1-6H,7,17H2. The molecule has 0 saturated heterocycles. The molecule has 0 bridgehead atoms. The summed E-state index contributed by atoms with van der Waals surface area (Å²) in [7, 11) is -3.58. The molecule has 2 N–H and O–H groups in total. The van der Waals surface area contributed by atoms with E-state index in [0.29, 0.717) is 21.3 Å². The van der Waals surface area contributed by atoms with Crippen molar-refractivity contribution in [1.29, 1.82) is 0 Å². The van der Waals surface area contributed by atoms with Crippen LogP contribution in [0.15, 0.2) is 41.3 Å². The van der Waals surface area contributed by atoms with Gasteiger partial charge in [-0.3, -0.25) is 0 Å². The first-order valence-electron chi connectivity index (χ1n) is 5.51. The zero-order valence-corrected chi connectivity index (χ0v) is 13.2. The highest BCUT2D eigenvalue weighted by molar-refractivity contribution is 7.90. The summed E-state index contributed by atoms with van der Waals surface area (Å²) in [5.74, 6) is -0.215. The van der Waals surface area contributed by atoms with Gasteiger partial charge in [-0.05, 0) is 35.9 Å². The summed E-state index contributed by atoms with van der Waals surface area (Å²) in [6, 6.07) is 8.98. The van der Waals surface area contributed by atoms with E-state index >= 15 is 0 Å². The fourth-order valence-corrected chi connectivity index (χ4v) is 3.96. The second kappa shape index (κ2) is 5.82.